The van der Waals surface area contributed by atoms with Crippen molar-refractivity contribution in [1.29, 1.82) is 0 Å². The molecule has 0 bridgehead atoms. The summed E-state index contributed by atoms with van der Waals surface area (Å²) in [6.07, 6.45) is 2.94. The van der Waals surface area contributed by atoms with Crippen LogP contribution in [0.25, 0.3) is 0 Å². The van der Waals surface area contributed by atoms with Gasteiger partial charge in [0.05, 0.1) is 0 Å². The van der Waals surface area contributed by atoms with Crippen molar-refractivity contribution in [2.75, 3.05) is 0 Å². The largest absolute Gasteiger partial charge is 0.173 e. The van der Waals surface area contributed by atoms with Gasteiger partial charge in [-0.2, -0.15) is 12.6 Å². The summed E-state index contributed by atoms with van der Waals surface area (Å²) in [6, 6.07) is 0. The lowest BCUT2D eigenvalue weighted by molar-refractivity contribution is 0.422. The second kappa shape index (κ2) is 2.18. The van der Waals surface area contributed by atoms with Crippen LogP contribution in [0.2, 0.25) is 0 Å². The normalized spacial score (nSPS) is 49.1. The number of hydrogen-bond donors (Lipinski definition) is 1. The second-order valence-corrected chi connectivity index (χ2v) is 6.13. The first-order chi connectivity index (χ1) is 5.02. The molecule has 0 aromatic carbocycles. The van der Waals surface area contributed by atoms with E-state index in [1.165, 1.54) is 12.8 Å². The van der Waals surface area contributed by atoms with Crippen LogP contribution in [0.3, 0.4) is 0 Å². The van der Waals surface area contributed by atoms with E-state index in [0.717, 1.165) is 23.7 Å². The van der Waals surface area contributed by atoms with Gasteiger partial charge in [-0.3, -0.25) is 0 Å². The van der Waals surface area contributed by atoms with E-state index < -0.39 is 0 Å². The highest BCUT2D eigenvalue weighted by molar-refractivity contribution is 7.81. The van der Waals surface area contributed by atoms with Crippen LogP contribution in [0.1, 0.15) is 33.6 Å². The minimum absolute atomic E-state index is 0.282. The van der Waals surface area contributed by atoms with Crippen LogP contribution in [-0.4, -0.2) is 4.75 Å². The third-order valence-electron chi connectivity index (χ3n) is 3.66. The fourth-order valence-electron chi connectivity index (χ4n) is 3.19. The number of rotatable bonds is 1. The molecule has 1 heteroatoms. The van der Waals surface area contributed by atoms with Gasteiger partial charge in [0.25, 0.3) is 0 Å². The van der Waals surface area contributed by atoms with Crippen LogP contribution in [0.4, 0.5) is 0 Å². The first-order valence-corrected chi connectivity index (χ1v) is 5.19. The minimum Gasteiger partial charge on any atom is -0.173 e. The highest BCUT2D eigenvalue weighted by Crippen LogP contribution is 2.65. The van der Waals surface area contributed by atoms with E-state index in [1.54, 1.807) is 0 Å². The van der Waals surface area contributed by atoms with Crippen molar-refractivity contribution in [3.05, 3.63) is 0 Å². The van der Waals surface area contributed by atoms with Crippen LogP contribution in [0.5, 0.6) is 0 Å². The van der Waals surface area contributed by atoms with Gasteiger partial charge in [-0.1, -0.05) is 27.2 Å². The van der Waals surface area contributed by atoms with Crippen LogP contribution in [0.15, 0.2) is 0 Å². The molecule has 0 nitrogen and oxygen atoms in total. The molecule has 2 fully saturated rings. The highest BCUT2D eigenvalue weighted by Gasteiger charge is 2.60. The fourth-order valence-corrected chi connectivity index (χ4v) is 3.55. The van der Waals surface area contributed by atoms with Crippen molar-refractivity contribution in [2.24, 2.45) is 23.7 Å². The molecule has 0 aliphatic heterocycles. The molecular weight excluding hydrogens is 152 g/mol. The summed E-state index contributed by atoms with van der Waals surface area (Å²) in [5, 5.41) is 0. The number of thiol groups is 1. The van der Waals surface area contributed by atoms with Crippen LogP contribution >= 0.6 is 12.6 Å². The summed E-state index contributed by atoms with van der Waals surface area (Å²) in [7, 11) is 0. The molecule has 2 saturated carbocycles. The molecule has 0 saturated heterocycles. The molecule has 0 amide bonds. The van der Waals surface area contributed by atoms with Gasteiger partial charge in [-0.05, 0) is 30.1 Å². The number of fused-ring (bicyclic) bond motifs is 1. The Morgan fingerprint density at radius 3 is 2.18 bits per heavy atom. The van der Waals surface area contributed by atoms with Crippen molar-refractivity contribution < 1.29 is 0 Å². The molecule has 0 heterocycles. The summed E-state index contributed by atoms with van der Waals surface area (Å²) in [6.45, 7) is 6.95. The van der Waals surface area contributed by atoms with Gasteiger partial charge in [0.1, 0.15) is 0 Å². The monoisotopic (exact) mass is 170 g/mol. The molecule has 0 aromatic heterocycles. The van der Waals surface area contributed by atoms with Gasteiger partial charge >= 0.3 is 0 Å². The van der Waals surface area contributed by atoms with Crippen molar-refractivity contribution in [2.45, 2.75) is 38.4 Å². The van der Waals surface area contributed by atoms with Crippen molar-refractivity contribution in [3.8, 4) is 0 Å². The zero-order valence-electron chi connectivity index (χ0n) is 7.67. The molecule has 4 unspecified atom stereocenters. The maximum absolute atomic E-state index is 4.66. The maximum Gasteiger partial charge on any atom is 0.0107 e. The lowest BCUT2D eigenvalue weighted by Crippen LogP contribution is -2.18. The van der Waals surface area contributed by atoms with Crippen molar-refractivity contribution in [3.63, 3.8) is 0 Å². The Labute approximate surface area is 75.2 Å². The highest BCUT2D eigenvalue weighted by atomic mass is 32.1. The number of hydrogen-bond acceptors (Lipinski definition) is 1. The lowest BCUT2D eigenvalue weighted by atomic mass is 9.95. The molecule has 0 N–H and O–H groups in total. The van der Waals surface area contributed by atoms with E-state index in [4.69, 9.17) is 0 Å². The molecule has 64 valence electrons. The van der Waals surface area contributed by atoms with E-state index in [-0.39, 0.29) is 4.75 Å². The van der Waals surface area contributed by atoms with E-state index in [1.807, 2.05) is 0 Å². The second-order valence-electron chi connectivity index (χ2n) is 4.98. The zero-order valence-corrected chi connectivity index (χ0v) is 8.57. The topological polar surface area (TPSA) is 0 Å². The Morgan fingerprint density at radius 2 is 1.91 bits per heavy atom. The summed E-state index contributed by atoms with van der Waals surface area (Å²) >= 11 is 4.66. The zero-order chi connectivity index (χ0) is 8.22. The summed E-state index contributed by atoms with van der Waals surface area (Å²) in [5.74, 6) is 3.98. The van der Waals surface area contributed by atoms with E-state index in [2.05, 4.69) is 33.4 Å². The first-order valence-electron chi connectivity index (χ1n) is 4.74. The smallest absolute Gasteiger partial charge is 0.0107 e. The van der Waals surface area contributed by atoms with Crippen molar-refractivity contribution >= 4 is 12.6 Å². The van der Waals surface area contributed by atoms with E-state index >= 15 is 0 Å². The average Bonchev–Trinajstić information content (AvgIpc) is 2.47. The first kappa shape index (κ1) is 7.97. The Balaban J connectivity index is 2.04. The molecular formula is C10H18S. The molecule has 0 aromatic rings. The maximum atomic E-state index is 4.66. The van der Waals surface area contributed by atoms with E-state index in [9.17, 15) is 0 Å². The summed E-state index contributed by atoms with van der Waals surface area (Å²) < 4.78 is 0.282. The third-order valence-corrected chi connectivity index (χ3v) is 3.96. The third kappa shape index (κ3) is 1.12. The van der Waals surface area contributed by atoms with Gasteiger partial charge in [-0.15, -0.1) is 0 Å². The quantitative estimate of drug-likeness (QED) is 0.575. The predicted octanol–water partition coefficient (Wildman–Crippen LogP) is 2.99. The average molecular weight is 170 g/mol. The Morgan fingerprint density at radius 1 is 1.27 bits per heavy atom. The molecule has 2 aliphatic carbocycles. The Kier molecular flexibility index (Phi) is 1.58. The van der Waals surface area contributed by atoms with Crippen LogP contribution in [-0.2, 0) is 0 Å². The molecule has 0 spiro atoms. The van der Waals surface area contributed by atoms with Gasteiger partial charge in [0.2, 0.25) is 0 Å². The van der Waals surface area contributed by atoms with Crippen LogP contribution < -0.4 is 0 Å². The fraction of sp³-hybridized carbons (Fsp3) is 1.00. The van der Waals surface area contributed by atoms with Crippen molar-refractivity contribution in [1.82, 2.24) is 0 Å². The molecule has 4 atom stereocenters. The molecule has 11 heavy (non-hydrogen) atoms. The van der Waals surface area contributed by atoms with Gasteiger partial charge < -0.3 is 0 Å². The molecule has 2 aliphatic rings. The predicted molar refractivity (Wildman–Crippen MR) is 51.9 cm³/mol. The Bertz CT molecular complexity index is 168. The summed E-state index contributed by atoms with van der Waals surface area (Å²) in [5.41, 5.74) is 0. The Hall–Kier alpha value is 0.350. The summed E-state index contributed by atoms with van der Waals surface area (Å²) in [4.78, 5) is 0. The van der Waals surface area contributed by atoms with Gasteiger partial charge in [0, 0.05) is 4.75 Å². The van der Waals surface area contributed by atoms with Gasteiger partial charge in [0.15, 0.2) is 0 Å². The molecule has 2 rings (SSSR count). The lowest BCUT2D eigenvalue weighted by Gasteiger charge is -2.21. The standard InChI is InChI=1S/C10H18S/c1-6-4-5-7-8(6)9(7)10(2,3)11/h6-9,11H,4-5H2,1-3H3. The SMILES string of the molecule is CC1CCC2C1C2C(C)(C)S. The van der Waals surface area contributed by atoms with Gasteiger partial charge in [-0.25, -0.2) is 0 Å². The molecule has 0 radical (unpaired) electrons. The van der Waals surface area contributed by atoms with Crippen LogP contribution in [0, 0.1) is 23.7 Å². The van der Waals surface area contributed by atoms with E-state index in [0.29, 0.717) is 0 Å². The minimum atomic E-state index is 0.282.